The molecule has 0 aliphatic rings. The summed E-state index contributed by atoms with van der Waals surface area (Å²) in [5, 5.41) is 9.16. The summed E-state index contributed by atoms with van der Waals surface area (Å²) >= 11 is 6.45. The Morgan fingerprint density at radius 2 is 1.80 bits per heavy atom. The summed E-state index contributed by atoms with van der Waals surface area (Å²) in [6.45, 7) is 0. The van der Waals surface area contributed by atoms with E-state index >= 15 is 0 Å². The molecule has 2 aromatic rings. The monoisotopic (exact) mass is 235 g/mol. The molecule has 0 fully saturated rings. The first-order valence-electron chi connectivity index (χ1n) is 4.36. The number of hydrogen-bond acceptors (Lipinski definition) is 3. The van der Waals surface area contributed by atoms with Crippen LogP contribution < -0.4 is 5.73 Å². The molecule has 0 unspecified atom stereocenters. The van der Waals surface area contributed by atoms with Gasteiger partial charge in [0.05, 0.1) is 4.88 Å². The summed E-state index contributed by atoms with van der Waals surface area (Å²) in [6.07, 6.45) is 0. The van der Waals surface area contributed by atoms with E-state index < -0.39 is 0 Å². The summed E-state index contributed by atoms with van der Waals surface area (Å²) in [4.78, 5) is 2.43. The molecule has 0 aliphatic carbocycles. The largest absolute Gasteiger partial charge is 0.508 e. The first-order chi connectivity index (χ1) is 7.16. The Morgan fingerprint density at radius 1 is 1.13 bits per heavy atom. The first-order valence-corrected chi connectivity index (χ1v) is 5.58. The van der Waals surface area contributed by atoms with Gasteiger partial charge in [-0.25, -0.2) is 0 Å². The average Bonchev–Trinajstić information content (AvgIpc) is 2.68. The third-order valence-corrected chi connectivity index (χ3v) is 3.52. The molecule has 1 aromatic heterocycles. The van der Waals surface area contributed by atoms with Crippen molar-refractivity contribution in [2.24, 2.45) is 5.73 Å². The summed E-state index contributed by atoms with van der Waals surface area (Å²) in [5.41, 5.74) is 6.59. The lowest BCUT2D eigenvalue weighted by atomic mass is 10.2. The Morgan fingerprint density at radius 3 is 2.33 bits per heavy atom. The summed E-state index contributed by atoms with van der Waals surface area (Å²) in [7, 11) is 0. The SMILES string of the molecule is NC(=S)c1ccc(-c2ccc(O)cc2)s1. The van der Waals surface area contributed by atoms with Gasteiger partial charge in [-0.3, -0.25) is 0 Å². The van der Waals surface area contributed by atoms with E-state index in [1.165, 1.54) is 0 Å². The molecule has 0 saturated heterocycles. The van der Waals surface area contributed by atoms with E-state index in [-0.39, 0.29) is 5.75 Å². The van der Waals surface area contributed by atoms with Crippen LogP contribution in [0.4, 0.5) is 0 Å². The maximum atomic E-state index is 9.16. The van der Waals surface area contributed by atoms with Crippen LogP contribution in [0.1, 0.15) is 4.88 Å². The van der Waals surface area contributed by atoms with Gasteiger partial charge in [0.2, 0.25) is 0 Å². The molecule has 1 aromatic carbocycles. The van der Waals surface area contributed by atoms with Crippen molar-refractivity contribution in [3.05, 3.63) is 41.3 Å². The van der Waals surface area contributed by atoms with Crippen LogP contribution in [0.15, 0.2) is 36.4 Å². The molecule has 2 rings (SSSR count). The number of nitrogens with two attached hydrogens (primary N) is 1. The fourth-order valence-electron chi connectivity index (χ4n) is 1.25. The predicted octanol–water partition coefficient (Wildman–Crippen LogP) is 2.75. The highest BCUT2D eigenvalue weighted by Crippen LogP contribution is 2.28. The van der Waals surface area contributed by atoms with Gasteiger partial charge in [0.1, 0.15) is 10.7 Å². The van der Waals surface area contributed by atoms with Crippen molar-refractivity contribution in [2.45, 2.75) is 0 Å². The van der Waals surface area contributed by atoms with Crippen molar-refractivity contribution in [1.29, 1.82) is 0 Å². The quantitative estimate of drug-likeness (QED) is 0.787. The second-order valence-electron chi connectivity index (χ2n) is 3.08. The summed E-state index contributed by atoms with van der Waals surface area (Å²) in [6, 6.07) is 10.9. The molecule has 0 spiro atoms. The lowest BCUT2D eigenvalue weighted by Gasteiger charge is -1.96. The number of thiophene rings is 1. The number of thiocarbonyl (C=S) groups is 1. The number of phenols is 1. The maximum Gasteiger partial charge on any atom is 0.115 e. The zero-order chi connectivity index (χ0) is 10.8. The number of phenolic OH excluding ortho intramolecular Hbond substituents is 1. The lowest BCUT2D eigenvalue weighted by Crippen LogP contribution is -2.06. The van der Waals surface area contributed by atoms with Crippen LogP contribution in [-0.2, 0) is 0 Å². The van der Waals surface area contributed by atoms with E-state index in [1.807, 2.05) is 24.3 Å². The van der Waals surface area contributed by atoms with Crippen LogP contribution in [0.3, 0.4) is 0 Å². The van der Waals surface area contributed by atoms with Gasteiger partial charge >= 0.3 is 0 Å². The highest BCUT2D eigenvalue weighted by atomic mass is 32.1. The number of aromatic hydroxyl groups is 1. The number of hydrogen-bond donors (Lipinski definition) is 2. The molecule has 0 atom stereocenters. The number of rotatable bonds is 2. The van der Waals surface area contributed by atoms with Gasteiger partial charge < -0.3 is 10.8 Å². The fraction of sp³-hybridized carbons (Fsp3) is 0. The van der Waals surface area contributed by atoms with E-state index in [9.17, 15) is 0 Å². The molecule has 0 radical (unpaired) electrons. The Bertz CT molecular complexity index is 488. The van der Waals surface area contributed by atoms with E-state index in [1.54, 1.807) is 23.5 Å². The molecule has 2 nitrogen and oxygen atoms in total. The van der Waals surface area contributed by atoms with Crippen LogP contribution >= 0.6 is 23.6 Å². The van der Waals surface area contributed by atoms with E-state index in [2.05, 4.69) is 0 Å². The van der Waals surface area contributed by atoms with E-state index in [4.69, 9.17) is 23.1 Å². The van der Waals surface area contributed by atoms with Crippen LogP contribution in [0.25, 0.3) is 10.4 Å². The van der Waals surface area contributed by atoms with Gasteiger partial charge in [-0.1, -0.05) is 12.2 Å². The fourth-order valence-corrected chi connectivity index (χ4v) is 2.31. The average molecular weight is 235 g/mol. The number of benzene rings is 1. The van der Waals surface area contributed by atoms with Gasteiger partial charge in [-0.05, 0) is 42.0 Å². The molecular formula is C11H9NOS2. The van der Waals surface area contributed by atoms with Crippen LogP contribution in [0.2, 0.25) is 0 Å². The van der Waals surface area contributed by atoms with Gasteiger partial charge in [0.25, 0.3) is 0 Å². The Hall–Kier alpha value is -1.39. The Labute approximate surface area is 97.0 Å². The molecule has 0 bridgehead atoms. The second kappa shape index (κ2) is 4.00. The first kappa shape index (κ1) is 10.1. The van der Waals surface area contributed by atoms with Crippen molar-refractivity contribution in [3.63, 3.8) is 0 Å². The molecular weight excluding hydrogens is 226 g/mol. The van der Waals surface area contributed by atoms with Crippen molar-refractivity contribution in [2.75, 3.05) is 0 Å². The molecule has 1 heterocycles. The summed E-state index contributed by atoms with van der Waals surface area (Å²) in [5.74, 6) is 0.268. The second-order valence-corrected chi connectivity index (χ2v) is 4.60. The van der Waals surface area contributed by atoms with Crippen LogP contribution in [0, 0.1) is 0 Å². The molecule has 15 heavy (non-hydrogen) atoms. The van der Waals surface area contributed by atoms with Crippen molar-refractivity contribution >= 4 is 28.5 Å². The van der Waals surface area contributed by atoms with Crippen LogP contribution in [-0.4, -0.2) is 10.1 Å². The molecule has 4 heteroatoms. The standard InChI is InChI=1S/C11H9NOS2/c12-11(14)10-6-5-9(15-10)7-1-3-8(13)4-2-7/h1-6,13H,(H2,12,14). The molecule has 76 valence electrons. The summed E-state index contributed by atoms with van der Waals surface area (Å²) < 4.78 is 0. The minimum Gasteiger partial charge on any atom is -0.508 e. The van der Waals surface area contributed by atoms with E-state index in [0.717, 1.165) is 15.3 Å². The normalized spacial score (nSPS) is 10.1. The zero-order valence-electron chi connectivity index (χ0n) is 7.81. The molecule has 3 N–H and O–H groups in total. The highest BCUT2D eigenvalue weighted by Gasteiger charge is 2.04. The topological polar surface area (TPSA) is 46.2 Å². The van der Waals surface area contributed by atoms with Gasteiger partial charge in [-0.2, -0.15) is 0 Å². The molecule has 0 saturated carbocycles. The van der Waals surface area contributed by atoms with E-state index in [0.29, 0.717) is 4.99 Å². The smallest absolute Gasteiger partial charge is 0.115 e. The van der Waals surface area contributed by atoms with Crippen LogP contribution in [0.5, 0.6) is 5.75 Å². The predicted molar refractivity (Wildman–Crippen MR) is 67.3 cm³/mol. The zero-order valence-corrected chi connectivity index (χ0v) is 9.44. The molecule has 0 amide bonds. The maximum absolute atomic E-state index is 9.16. The van der Waals surface area contributed by atoms with Crippen molar-refractivity contribution in [1.82, 2.24) is 0 Å². The minimum atomic E-state index is 0.268. The van der Waals surface area contributed by atoms with Gasteiger partial charge in [0, 0.05) is 4.88 Å². The van der Waals surface area contributed by atoms with Gasteiger partial charge in [-0.15, -0.1) is 11.3 Å². The highest BCUT2D eigenvalue weighted by molar-refractivity contribution is 7.81. The molecule has 0 aliphatic heterocycles. The minimum absolute atomic E-state index is 0.268. The van der Waals surface area contributed by atoms with Crippen molar-refractivity contribution < 1.29 is 5.11 Å². The lowest BCUT2D eigenvalue weighted by molar-refractivity contribution is 0.475. The Balaban J connectivity index is 2.37. The third kappa shape index (κ3) is 2.16. The van der Waals surface area contributed by atoms with Crippen molar-refractivity contribution in [3.8, 4) is 16.2 Å². The third-order valence-electron chi connectivity index (χ3n) is 2.00. The van der Waals surface area contributed by atoms with Gasteiger partial charge in [0.15, 0.2) is 0 Å². The Kier molecular flexibility index (Phi) is 2.70.